The Labute approximate surface area is 94.2 Å². The van der Waals surface area contributed by atoms with E-state index in [4.69, 9.17) is 10.5 Å². The number of urea groups is 1. The number of benzene rings is 1. The molecule has 1 aromatic carbocycles. The van der Waals surface area contributed by atoms with Crippen LogP contribution in [0.4, 0.5) is 10.5 Å². The Bertz CT molecular complexity index is 381. The summed E-state index contributed by atoms with van der Waals surface area (Å²) in [4.78, 5) is 12.9. The predicted molar refractivity (Wildman–Crippen MR) is 61.3 cm³/mol. The maximum Gasteiger partial charge on any atom is 0.317 e. The first-order chi connectivity index (χ1) is 7.75. The van der Waals surface area contributed by atoms with Crippen molar-refractivity contribution in [1.82, 2.24) is 10.2 Å². The Morgan fingerprint density at radius 1 is 1.50 bits per heavy atom. The third kappa shape index (κ3) is 2.56. The molecular weight excluding hydrogens is 206 g/mol. The number of amides is 2. The van der Waals surface area contributed by atoms with Gasteiger partial charge in [0.1, 0.15) is 12.4 Å². The van der Waals surface area contributed by atoms with E-state index in [0.29, 0.717) is 18.8 Å². The van der Waals surface area contributed by atoms with Crippen molar-refractivity contribution in [2.24, 2.45) is 0 Å². The highest BCUT2D eigenvalue weighted by Crippen LogP contribution is 2.14. The van der Waals surface area contributed by atoms with Crippen LogP contribution >= 0.6 is 0 Å². The van der Waals surface area contributed by atoms with Crippen molar-refractivity contribution in [2.45, 2.75) is 0 Å². The zero-order chi connectivity index (χ0) is 11.4. The summed E-state index contributed by atoms with van der Waals surface area (Å²) in [6.07, 6.45) is 0. The average Bonchev–Trinajstić information content (AvgIpc) is 2.65. The second-order valence-electron chi connectivity index (χ2n) is 3.64. The molecule has 2 rings (SSSR count). The van der Waals surface area contributed by atoms with Gasteiger partial charge in [-0.25, -0.2) is 4.79 Å². The second-order valence-corrected chi connectivity index (χ2v) is 3.64. The lowest BCUT2D eigenvalue weighted by Crippen LogP contribution is -2.31. The fourth-order valence-corrected chi connectivity index (χ4v) is 1.60. The fraction of sp³-hybridized carbons (Fsp3) is 0.364. The molecule has 0 atom stereocenters. The van der Waals surface area contributed by atoms with Gasteiger partial charge in [-0.1, -0.05) is 6.07 Å². The van der Waals surface area contributed by atoms with Gasteiger partial charge in [-0.05, 0) is 12.1 Å². The van der Waals surface area contributed by atoms with E-state index >= 15 is 0 Å². The lowest BCUT2D eigenvalue weighted by Gasteiger charge is -2.14. The number of nitrogens with zero attached hydrogens (tertiary/aromatic N) is 1. The van der Waals surface area contributed by atoms with Crippen molar-refractivity contribution in [3.05, 3.63) is 24.3 Å². The first-order valence-corrected chi connectivity index (χ1v) is 5.27. The summed E-state index contributed by atoms with van der Waals surface area (Å²) in [6, 6.07) is 7.24. The van der Waals surface area contributed by atoms with E-state index in [9.17, 15) is 4.79 Å². The van der Waals surface area contributed by atoms with E-state index in [1.807, 2.05) is 12.1 Å². The number of carbonyl (C=O) groups excluding carboxylic acids is 1. The summed E-state index contributed by atoms with van der Waals surface area (Å²) >= 11 is 0. The topological polar surface area (TPSA) is 67.6 Å². The lowest BCUT2D eigenvalue weighted by atomic mass is 10.3. The summed E-state index contributed by atoms with van der Waals surface area (Å²) in [5.74, 6) is 0.736. The van der Waals surface area contributed by atoms with Crippen molar-refractivity contribution in [3.8, 4) is 5.75 Å². The summed E-state index contributed by atoms with van der Waals surface area (Å²) in [5, 5.41) is 2.74. The van der Waals surface area contributed by atoms with Crippen LogP contribution in [0, 0.1) is 0 Å². The molecule has 0 spiro atoms. The van der Waals surface area contributed by atoms with Crippen molar-refractivity contribution < 1.29 is 9.53 Å². The summed E-state index contributed by atoms with van der Waals surface area (Å²) in [6.45, 7) is 2.55. The van der Waals surface area contributed by atoms with E-state index in [1.165, 1.54) is 0 Å². The lowest BCUT2D eigenvalue weighted by molar-refractivity contribution is 0.202. The average molecular weight is 221 g/mol. The molecule has 16 heavy (non-hydrogen) atoms. The number of hydrogen-bond donors (Lipinski definition) is 2. The number of carbonyl (C=O) groups is 1. The minimum Gasteiger partial charge on any atom is -0.492 e. The van der Waals surface area contributed by atoms with E-state index in [2.05, 4.69) is 5.32 Å². The molecule has 0 aliphatic carbocycles. The molecule has 0 aromatic heterocycles. The highest BCUT2D eigenvalue weighted by atomic mass is 16.5. The van der Waals surface area contributed by atoms with Gasteiger partial charge in [0.05, 0.1) is 6.54 Å². The van der Waals surface area contributed by atoms with Crippen LogP contribution in [0.25, 0.3) is 0 Å². The molecule has 1 aliphatic rings. The van der Waals surface area contributed by atoms with Crippen LogP contribution in [0.1, 0.15) is 0 Å². The van der Waals surface area contributed by atoms with E-state index in [1.54, 1.807) is 17.0 Å². The minimum atomic E-state index is -0.0174. The molecular formula is C11H15N3O2. The minimum absolute atomic E-state index is 0.0174. The van der Waals surface area contributed by atoms with Gasteiger partial charge in [0.2, 0.25) is 0 Å². The van der Waals surface area contributed by atoms with Crippen LogP contribution in [0.5, 0.6) is 5.75 Å². The Morgan fingerprint density at radius 3 is 3.06 bits per heavy atom. The number of rotatable bonds is 4. The first kappa shape index (κ1) is 10.6. The molecule has 1 heterocycles. The van der Waals surface area contributed by atoms with Gasteiger partial charge >= 0.3 is 6.03 Å². The SMILES string of the molecule is Nc1cccc(OCCN2CCNC2=O)c1. The Balaban J connectivity index is 1.77. The Morgan fingerprint density at radius 2 is 2.38 bits per heavy atom. The van der Waals surface area contributed by atoms with Crippen molar-refractivity contribution >= 4 is 11.7 Å². The normalized spacial score (nSPS) is 15.0. The zero-order valence-corrected chi connectivity index (χ0v) is 8.98. The Hall–Kier alpha value is -1.91. The smallest absolute Gasteiger partial charge is 0.317 e. The molecule has 1 saturated heterocycles. The van der Waals surface area contributed by atoms with Gasteiger partial charge < -0.3 is 20.7 Å². The molecule has 1 aliphatic heterocycles. The van der Waals surface area contributed by atoms with Gasteiger partial charge in [0.25, 0.3) is 0 Å². The van der Waals surface area contributed by atoms with Gasteiger partial charge in [-0.2, -0.15) is 0 Å². The molecule has 3 N–H and O–H groups in total. The zero-order valence-electron chi connectivity index (χ0n) is 8.98. The molecule has 0 saturated carbocycles. The van der Waals surface area contributed by atoms with E-state index in [-0.39, 0.29) is 6.03 Å². The summed E-state index contributed by atoms with van der Waals surface area (Å²) in [5.41, 5.74) is 6.30. The van der Waals surface area contributed by atoms with Crippen LogP contribution in [0.3, 0.4) is 0 Å². The molecule has 0 unspecified atom stereocenters. The number of anilines is 1. The monoisotopic (exact) mass is 221 g/mol. The molecule has 0 radical (unpaired) electrons. The van der Waals surface area contributed by atoms with Crippen molar-refractivity contribution in [2.75, 3.05) is 32.0 Å². The molecule has 1 fully saturated rings. The van der Waals surface area contributed by atoms with Gasteiger partial charge in [0, 0.05) is 24.8 Å². The van der Waals surface area contributed by atoms with Crippen LogP contribution in [0.2, 0.25) is 0 Å². The fourth-order valence-electron chi connectivity index (χ4n) is 1.60. The predicted octanol–water partition coefficient (Wildman–Crippen LogP) is 0.673. The van der Waals surface area contributed by atoms with E-state index in [0.717, 1.165) is 18.8 Å². The maximum atomic E-state index is 11.2. The number of ether oxygens (including phenoxy) is 1. The second kappa shape index (κ2) is 4.74. The highest BCUT2D eigenvalue weighted by Gasteiger charge is 2.18. The van der Waals surface area contributed by atoms with Crippen LogP contribution in [-0.4, -0.2) is 37.2 Å². The molecule has 5 heteroatoms. The van der Waals surface area contributed by atoms with Gasteiger partial charge in [-0.3, -0.25) is 0 Å². The molecule has 2 amide bonds. The maximum absolute atomic E-state index is 11.2. The van der Waals surface area contributed by atoms with Crippen LogP contribution in [-0.2, 0) is 0 Å². The third-order valence-corrected chi connectivity index (χ3v) is 2.43. The molecule has 86 valence electrons. The number of nitrogen functional groups attached to an aromatic ring is 1. The molecule has 1 aromatic rings. The largest absolute Gasteiger partial charge is 0.492 e. The van der Waals surface area contributed by atoms with Crippen LogP contribution < -0.4 is 15.8 Å². The number of nitrogens with two attached hydrogens (primary N) is 1. The highest BCUT2D eigenvalue weighted by molar-refractivity contribution is 5.76. The van der Waals surface area contributed by atoms with Gasteiger partial charge in [-0.15, -0.1) is 0 Å². The van der Waals surface area contributed by atoms with Crippen molar-refractivity contribution in [1.29, 1.82) is 0 Å². The molecule has 5 nitrogen and oxygen atoms in total. The first-order valence-electron chi connectivity index (χ1n) is 5.27. The third-order valence-electron chi connectivity index (χ3n) is 2.43. The van der Waals surface area contributed by atoms with E-state index < -0.39 is 0 Å². The standard InChI is InChI=1S/C11H15N3O2/c12-9-2-1-3-10(8-9)16-7-6-14-5-4-13-11(14)15/h1-3,8H,4-7,12H2,(H,13,15). The van der Waals surface area contributed by atoms with Gasteiger partial charge in [0.15, 0.2) is 0 Å². The quantitative estimate of drug-likeness (QED) is 0.734. The number of nitrogens with one attached hydrogen (secondary N) is 1. The summed E-state index contributed by atoms with van der Waals surface area (Å²) < 4.78 is 5.50. The molecule has 0 bridgehead atoms. The van der Waals surface area contributed by atoms with Crippen molar-refractivity contribution in [3.63, 3.8) is 0 Å². The number of hydrogen-bond acceptors (Lipinski definition) is 3. The summed E-state index contributed by atoms with van der Waals surface area (Å²) in [7, 11) is 0. The Kier molecular flexibility index (Phi) is 3.14. The van der Waals surface area contributed by atoms with Crippen LogP contribution in [0.15, 0.2) is 24.3 Å².